The highest BCUT2D eigenvalue weighted by Gasteiger charge is 2.20. The zero-order valence-electron chi connectivity index (χ0n) is 8.78. The van der Waals surface area contributed by atoms with Crippen LogP contribution in [-0.2, 0) is 14.4 Å². The molecule has 0 radical (unpaired) electrons. The van der Waals surface area contributed by atoms with Crippen LogP contribution in [0.3, 0.4) is 0 Å². The molecule has 0 fully saturated rings. The number of ether oxygens (including phenoxy) is 1. The lowest BCUT2D eigenvalue weighted by Crippen LogP contribution is -2.09. The van der Waals surface area contributed by atoms with E-state index in [0.29, 0.717) is 12.8 Å². The van der Waals surface area contributed by atoms with E-state index < -0.39 is 0 Å². The van der Waals surface area contributed by atoms with Crippen molar-refractivity contribution in [1.82, 2.24) is 0 Å². The van der Waals surface area contributed by atoms with E-state index in [0.717, 1.165) is 25.0 Å². The second-order valence-electron chi connectivity index (χ2n) is 3.45. The van der Waals surface area contributed by atoms with Gasteiger partial charge in [-0.15, -0.1) is 0 Å². The van der Waals surface area contributed by atoms with E-state index >= 15 is 0 Å². The summed E-state index contributed by atoms with van der Waals surface area (Å²) < 4.78 is 4.55. The number of carbonyl (C=O) groups is 1. The lowest BCUT2D eigenvalue weighted by molar-refractivity contribution is -0.140. The average Bonchev–Trinajstić information content (AvgIpc) is 2.63. The molecule has 1 heterocycles. The molecule has 4 nitrogen and oxygen atoms in total. The quantitative estimate of drug-likeness (QED) is 0.635. The van der Waals surface area contributed by atoms with Crippen molar-refractivity contribution in [3.05, 3.63) is 0 Å². The normalized spacial score (nSPS) is 20.1. The maximum atomic E-state index is 10.9. The number of esters is 1. The second-order valence-corrected chi connectivity index (χ2v) is 3.45. The minimum atomic E-state index is -0.188. The Morgan fingerprint density at radius 1 is 1.71 bits per heavy atom. The van der Waals surface area contributed by atoms with E-state index in [9.17, 15) is 4.79 Å². The lowest BCUT2D eigenvalue weighted by Gasteiger charge is -2.04. The Morgan fingerprint density at radius 3 is 3.14 bits per heavy atom. The van der Waals surface area contributed by atoms with Crippen molar-refractivity contribution in [1.29, 1.82) is 0 Å². The fourth-order valence-electron chi connectivity index (χ4n) is 1.46. The van der Waals surface area contributed by atoms with Crippen LogP contribution in [-0.4, -0.2) is 24.9 Å². The molecule has 0 aromatic rings. The predicted molar refractivity (Wildman–Crippen MR) is 53.1 cm³/mol. The Kier molecular flexibility index (Phi) is 4.43. The Balaban J connectivity index is 2.18. The molecule has 80 valence electrons. The van der Waals surface area contributed by atoms with Gasteiger partial charge in [0.25, 0.3) is 0 Å². The van der Waals surface area contributed by atoms with E-state index in [1.807, 2.05) is 0 Å². The molecule has 4 heteroatoms. The van der Waals surface area contributed by atoms with Crippen molar-refractivity contribution in [2.24, 2.45) is 5.16 Å². The first-order chi connectivity index (χ1) is 6.76. The van der Waals surface area contributed by atoms with Crippen LogP contribution in [0.2, 0.25) is 0 Å². The molecule has 0 spiro atoms. The second kappa shape index (κ2) is 5.62. The van der Waals surface area contributed by atoms with E-state index in [2.05, 4.69) is 16.8 Å². The summed E-state index contributed by atoms with van der Waals surface area (Å²) in [7, 11) is 1.40. The first kappa shape index (κ1) is 11.0. The van der Waals surface area contributed by atoms with Gasteiger partial charge in [0.05, 0.1) is 19.2 Å². The summed E-state index contributed by atoms with van der Waals surface area (Å²) in [4.78, 5) is 16.1. The molecule has 0 bridgehead atoms. The predicted octanol–water partition coefficient (Wildman–Crippen LogP) is 1.88. The fraction of sp³-hybridized carbons (Fsp3) is 0.800. The van der Waals surface area contributed by atoms with E-state index in [4.69, 9.17) is 4.84 Å². The van der Waals surface area contributed by atoms with Crippen LogP contribution in [0.5, 0.6) is 0 Å². The monoisotopic (exact) mass is 199 g/mol. The third-order valence-electron chi connectivity index (χ3n) is 2.25. The summed E-state index contributed by atoms with van der Waals surface area (Å²) in [6.07, 6.45) is 4.29. The van der Waals surface area contributed by atoms with Gasteiger partial charge in [-0.25, -0.2) is 0 Å². The first-order valence-corrected chi connectivity index (χ1v) is 5.04. The topological polar surface area (TPSA) is 47.9 Å². The Labute approximate surface area is 84.3 Å². The van der Waals surface area contributed by atoms with Crippen molar-refractivity contribution in [2.45, 2.75) is 45.1 Å². The fourth-order valence-corrected chi connectivity index (χ4v) is 1.46. The molecule has 1 aliphatic rings. The Morgan fingerprint density at radius 2 is 2.50 bits per heavy atom. The number of nitrogens with zero attached hydrogens (tertiary/aromatic N) is 1. The average molecular weight is 199 g/mol. The van der Waals surface area contributed by atoms with Crippen LogP contribution in [0, 0.1) is 0 Å². The van der Waals surface area contributed by atoms with E-state index in [-0.39, 0.29) is 12.1 Å². The maximum absolute atomic E-state index is 10.9. The van der Waals surface area contributed by atoms with Crippen molar-refractivity contribution in [3.63, 3.8) is 0 Å². The standard InChI is InChI=1S/C10H17NO3/c1-3-4-9-7-8(11-14-9)5-6-10(12)13-2/h9H,3-7H2,1-2H3. The van der Waals surface area contributed by atoms with Gasteiger partial charge < -0.3 is 9.57 Å². The number of hydrogen-bond donors (Lipinski definition) is 0. The highest BCUT2D eigenvalue weighted by molar-refractivity contribution is 5.88. The molecule has 0 saturated carbocycles. The summed E-state index contributed by atoms with van der Waals surface area (Å²) in [5.41, 5.74) is 0.980. The van der Waals surface area contributed by atoms with Gasteiger partial charge in [-0.3, -0.25) is 4.79 Å². The van der Waals surface area contributed by atoms with Crippen molar-refractivity contribution >= 4 is 11.7 Å². The number of hydrogen-bond acceptors (Lipinski definition) is 4. The minimum absolute atomic E-state index is 0.188. The summed E-state index contributed by atoms with van der Waals surface area (Å²) in [5.74, 6) is -0.188. The molecule has 0 aromatic heterocycles. The zero-order valence-corrected chi connectivity index (χ0v) is 8.78. The van der Waals surface area contributed by atoms with Gasteiger partial charge in [-0.05, 0) is 12.8 Å². The molecule has 0 amide bonds. The molecule has 0 aliphatic carbocycles. The summed E-state index contributed by atoms with van der Waals surface area (Å²) in [6, 6.07) is 0. The first-order valence-electron chi connectivity index (χ1n) is 5.04. The Hall–Kier alpha value is -1.06. The van der Waals surface area contributed by atoms with Gasteiger partial charge in [-0.1, -0.05) is 18.5 Å². The van der Waals surface area contributed by atoms with Gasteiger partial charge in [-0.2, -0.15) is 0 Å². The molecule has 1 aliphatic heterocycles. The SMILES string of the molecule is CCCC1CC(CCC(=O)OC)=NO1. The summed E-state index contributed by atoms with van der Waals surface area (Å²) >= 11 is 0. The molecule has 1 rings (SSSR count). The molecular formula is C10H17NO3. The van der Waals surface area contributed by atoms with Crippen LogP contribution >= 0.6 is 0 Å². The molecular weight excluding hydrogens is 182 g/mol. The third kappa shape index (κ3) is 3.36. The van der Waals surface area contributed by atoms with Crippen molar-refractivity contribution in [3.8, 4) is 0 Å². The molecule has 0 aromatic carbocycles. The van der Waals surface area contributed by atoms with Crippen LogP contribution in [0.15, 0.2) is 5.16 Å². The minimum Gasteiger partial charge on any atom is -0.469 e. The van der Waals surface area contributed by atoms with Gasteiger partial charge in [0.1, 0.15) is 6.10 Å². The Bertz CT molecular complexity index is 225. The number of oxime groups is 1. The van der Waals surface area contributed by atoms with Crippen LogP contribution in [0.1, 0.15) is 39.0 Å². The van der Waals surface area contributed by atoms with Gasteiger partial charge in [0.2, 0.25) is 0 Å². The van der Waals surface area contributed by atoms with E-state index in [1.54, 1.807) is 0 Å². The highest BCUT2D eigenvalue weighted by Crippen LogP contribution is 2.17. The number of methoxy groups -OCH3 is 1. The molecule has 0 saturated heterocycles. The van der Waals surface area contributed by atoms with Gasteiger partial charge >= 0.3 is 5.97 Å². The number of rotatable bonds is 5. The van der Waals surface area contributed by atoms with Crippen LogP contribution in [0.4, 0.5) is 0 Å². The molecule has 1 atom stereocenters. The summed E-state index contributed by atoms with van der Waals surface area (Å²) in [6.45, 7) is 2.12. The third-order valence-corrected chi connectivity index (χ3v) is 2.25. The molecule has 14 heavy (non-hydrogen) atoms. The van der Waals surface area contributed by atoms with Crippen molar-refractivity contribution < 1.29 is 14.4 Å². The van der Waals surface area contributed by atoms with Gasteiger partial charge in [0, 0.05) is 6.42 Å². The van der Waals surface area contributed by atoms with Crippen LogP contribution < -0.4 is 0 Å². The van der Waals surface area contributed by atoms with Crippen LogP contribution in [0.25, 0.3) is 0 Å². The van der Waals surface area contributed by atoms with Crippen molar-refractivity contribution in [2.75, 3.05) is 7.11 Å². The molecule has 0 N–H and O–H groups in total. The zero-order chi connectivity index (χ0) is 10.4. The van der Waals surface area contributed by atoms with E-state index in [1.165, 1.54) is 7.11 Å². The number of carbonyl (C=O) groups excluding carboxylic acids is 1. The highest BCUT2D eigenvalue weighted by atomic mass is 16.6. The lowest BCUT2D eigenvalue weighted by atomic mass is 10.1. The largest absolute Gasteiger partial charge is 0.469 e. The maximum Gasteiger partial charge on any atom is 0.305 e. The van der Waals surface area contributed by atoms with Gasteiger partial charge in [0.15, 0.2) is 0 Å². The molecule has 1 unspecified atom stereocenters. The smallest absolute Gasteiger partial charge is 0.305 e. The summed E-state index contributed by atoms with van der Waals surface area (Å²) in [5, 5.41) is 3.95.